The fraction of sp³-hybridized carbons (Fsp3) is 0.312. The number of hydrogen-bond donors (Lipinski definition) is 2. The van der Waals surface area contributed by atoms with Crippen molar-refractivity contribution in [3.8, 4) is 0 Å². The Morgan fingerprint density at radius 1 is 0.929 bits per heavy atom. The van der Waals surface area contributed by atoms with Crippen LogP contribution in [-0.2, 0) is 27.7 Å². The van der Waals surface area contributed by atoms with Crippen molar-refractivity contribution < 1.29 is 17.9 Å². The second-order valence-corrected chi connectivity index (χ2v) is 12.3. The molecule has 0 unspecified atom stereocenters. The second kappa shape index (κ2) is 12.5. The van der Waals surface area contributed by atoms with Crippen molar-refractivity contribution in [2.75, 3.05) is 55.6 Å². The van der Waals surface area contributed by atoms with Gasteiger partial charge in [0, 0.05) is 55.7 Å². The number of rotatable bonds is 9. The monoisotopic (exact) mass is 585 g/mol. The first-order valence-corrected chi connectivity index (χ1v) is 15.9. The van der Waals surface area contributed by atoms with Crippen LogP contribution in [0.3, 0.4) is 0 Å². The van der Waals surface area contributed by atoms with Crippen LogP contribution >= 0.6 is 0 Å². The quantitative estimate of drug-likeness (QED) is 0.286. The fourth-order valence-corrected chi connectivity index (χ4v) is 6.92. The number of fused-ring (bicyclic) bond motifs is 2. The average Bonchev–Trinajstić information content (AvgIpc) is 3.03. The van der Waals surface area contributed by atoms with E-state index in [1.807, 2.05) is 24.3 Å². The molecule has 1 aromatic heterocycles. The molecule has 0 aliphatic carbocycles. The summed E-state index contributed by atoms with van der Waals surface area (Å²) in [7, 11) is -3.97. The van der Waals surface area contributed by atoms with Gasteiger partial charge in [-0.15, -0.1) is 0 Å². The average molecular weight is 586 g/mol. The number of benzene rings is 3. The van der Waals surface area contributed by atoms with E-state index < -0.39 is 10.0 Å². The molecule has 0 saturated carbocycles. The molecule has 1 amide bonds. The predicted molar refractivity (Wildman–Crippen MR) is 164 cm³/mol. The highest BCUT2D eigenvalue weighted by Gasteiger charge is 2.24. The lowest BCUT2D eigenvalue weighted by atomic mass is 9.98. The summed E-state index contributed by atoms with van der Waals surface area (Å²) in [4.78, 5) is 22.5. The third kappa shape index (κ3) is 6.25. The summed E-state index contributed by atoms with van der Waals surface area (Å²) in [5.74, 6) is -0.223. The number of aromatic nitrogens is 1. The zero-order valence-corrected chi connectivity index (χ0v) is 24.3. The van der Waals surface area contributed by atoms with E-state index in [0.717, 1.165) is 63.3 Å². The van der Waals surface area contributed by atoms with Crippen LogP contribution in [0.5, 0.6) is 0 Å². The number of anilines is 2. The summed E-state index contributed by atoms with van der Waals surface area (Å²) in [6.07, 6.45) is 3.27. The van der Waals surface area contributed by atoms with Gasteiger partial charge in [-0.1, -0.05) is 42.5 Å². The van der Waals surface area contributed by atoms with Crippen molar-refractivity contribution in [1.82, 2.24) is 15.2 Å². The molecule has 2 aliphatic rings. The number of pyridine rings is 1. The SMILES string of the molecule is O=C(NCCCN1CCOCC1)c1cc(NS(=O)(=O)c2cccc3cccnc23)ccc1N1CCc2ccccc2C1. The number of nitrogens with zero attached hydrogens (tertiary/aromatic N) is 3. The van der Waals surface area contributed by atoms with Crippen molar-refractivity contribution in [2.24, 2.45) is 0 Å². The van der Waals surface area contributed by atoms with Gasteiger partial charge in [-0.3, -0.25) is 19.4 Å². The summed E-state index contributed by atoms with van der Waals surface area (Å²) in [6, 6.07) is 22.2. The van der Waals surface area contributed by atoms with E-state index in [0.29, 0.717) is 29.9 Å². The molecule has 3 aromatic carbocycles. The summed E-state index contributed by atoms with van der Waals surface area (Å²) in [6.45, 7) is 6.15. The van der Waals surface area contributed by atoms with Gasteiger partial charge in [0.25, 0.3) is 15.9 Å². The van der Waals surface area contributed by atoms with E-state index in [1.54, 1.807) is 36.5 Å². The largest absolute Gasteiger partial charge is 0.379 e. The molecule has 2 aliphatic heterocycles. The molecule has 1 saturated heterocycles. The van der Waals surface area contributed by atoms with Crippen LogP contribution in [0.25, 0.3) is 10.9 Å². The smallest absolute Gasteiger partial charge is 0.264 e. The molecule has 218 valence electrons. The minimum absolute atomic E-state index is 0.0893. The fourth-order valence-electron chi connectivity index (χ4n) is 5.69. The highest BCUT2D eigenvalue weighted by Crippen LogP contribution is 2.31. The molecule has 10 heteroatoms. The Morgan fingerprint density at radius 2 is 1.74 bits per heavy atom. The van der Waals surface area contributed by atoms with Crippen LogP contribution in [0.1, 0.15) is 27.9 Å². The number of ether oxygens (including phenoxy) is 1. The first kappa shape index (κ1) is 28.1. The molecule has 42 heavy (non-hydrogen) atoms. The molecule has 0 radical (unpaired) electrons. The third-order valence-electron chi connectivity index (χ3n) is 7.89. The maximum Gasteiger partial charge on any atom is 0.264 e. The van der Waals surface area contributed by atoms with Crippen LogP contribution in [0.4, 0.5) is 11.4 Å². The Balaban J connectivity index is 1.25. The Labute approximate surface area is 246 Å². The van der Waals surface area contributed by atoms with Crippen molar-refractivity contribution in [3.63, 3.8) is 0 Å². The van der Waals surface area contributed by atoms with E-state index in [2.05, 4.69) is 43.0 Å². The van der Waals surface area contributed by atoms with Crippen LogP contribution in [-0.4, -0.2) is 70.1 Å². The molecular formula is C32H35N5O4S. The molecule has 9 nitrogen and oxygen atoms in total. The van der Waals surface area contributed by atoms with Crippen molar-refractivity contribution >= 4 is 38.2 Å². The van der Waals surface area contributed by atoms with Crippen LogP contribution in [0, 0.1) is 0 Å². The minimum atomic E-state index is -3.97. The number of carbonyl (C=O) groups excluding carboxylic acids is 1. The number of nitrogens with one attached hydrogen (secondary N) is 2. The van der Waals surface area contributed by atoms with Crippen molar-refractivity contribution in [2.45, 2.75) is 24.3 Å². The standard InChI is InChI=1S/C32H35N5O4S/c38-32(34-15-5-16-36-18-20-41-21-19-36)28-22-27(11-12-29(28)37-17-13-24-6-1-2-7-26(24)23-37)35-42(39,40)30-10-3-8-25-9-4-14-33-31(25)30/h1-4,6-12,14,22,35H,5,13,15-21,23H2,(H,34,38). The maximum absolute atomic E-state index is 13.6. The van der Waals surface area contributed by atoms with Gasteiger partial charge >= 0.3 is 0 Å². The first-order valence-electron chi connectivity index (χ1n) is 14.4. The van der Waals surface area contributed by atoms with Crippen LogP contribution in [0.2, 0.25) is 0 Å². The van der Waals surface area contributed by atoms with Gasteiger partial charge in [-0.25, -0.2) is 8.42 Å². The predicted octanol–water partition coefficient (Wildman–Crippen LogP) is 4.05. The van der Waals surface area contributed by atoms with Gasteiger partial charge in [0.05, 0.1) is 24.3 Å². The molecule has 3 heterocycles. The summed E-state index contributed by atoms with van der Waals surface area (Å²) in [5.41, 5.74) is 4.49. The Kier molecular flexibility index (Phi) is 8.36. The van der Waals surface area contributed by atoms with Gasteiger partial charge in [-0.05, 0) is 60.8 Å². The summed E-state index contributed by atoms with van der Waals surface area (Å²) < 4.78 is 35.1. The lowest BCUT2D eigenvalue weighted by Crippen LogP contribution is -2.38. The number of carbonyl (C=O) groups is 1. The first-order chi connectivity index (χ1) is 20.5. The number of sulfonamides is 1. The summed E-state index contributed by atoms with van der Waals surface area (Å²) >= 11 is 0. The highest BCUT2D eigenvalue weighted by atomic mass is 32.2. The second-order valence-electron chi connectivity index (χ2n) is 10.7. The van der Waals surface area contributed by atoms with Gasteiger partial charge < -0.3 is 15.0 Å². The number of hydrogen-bond acceptors (Lipinski definition) is 7. The Bertz CT molecular complexity index is 1680. The van der Waals surface area contributed by atoms with E-state index in [1.165, 1.54) is 11.1 Å². The molecule has 0 bridgehead atoms. The number of morpholine rings is 1. The van der Waals surface area contributed by atoms with Gasteiger partial charge in [0.1, 0.15) is 4.90 Å². The molecule has 2 N–H and O–H groups in total. The van der Waals surface area contributed by atoms with Crippen LogP contribution < -0.4 is 14.9 Å². The van der Waals surface area contributed by atoms with Gasteiger partial charge in [-0.2, -0.15) is 0 Å². The van der Waals surface area contributed by atoms with Crippen LogP contribution in [0.15, 0.2) is 83.9 Å². The van der Waals surface area contributed by atoms with Crippen molar-refractivity contribution in [1.29, 1.82) is 0 Å². The van der Waals surface area contributed by atoms with E-state index in [-0.39, 0.29) is 10.8 Å². The van der Waals surface area contributed by atoms with Crippen molar-refractivity contribution in [3.05, 3.63) is 95.7 Å². The maximum atomic E-state index is 13.6. The van der Waals surface area contributed by atoms with E-state index >= 15 is 0 Å². The molecule has 0 spiro atoms. The molecule has 4 aromatic rings. The van der Waals surface area contributed by atoms with E-state index in [9.17, 15) is 13.2 Å². The topological polar surface area (TPSA) is 104 Å². The molecular weight excluding hydrogens is 550 g/mol. The normalized spacial score (nSPS) is 15.8. The Hall–Kier alpha value is -3.99. The zero-order valence-electron chi connectivity index (χ0n) is 23.5. The highest BCUT2D eigenvalue weighted by molar-refractivity contribution is 7.93. The third-order valence-corrected chi connectivity index (χ3v) is 9.30. The molecule has 1 fully saturated rings. The lowest BCUT2D eigenvalue weighted by Gasteiger charge is -2.32. The van der Waals surface area contributed by atoms with Gasteiger partial charge in [0.2, 0.25) is 0 Å². The lowest BCUT2D eigenvalue weighted by molar-refractivity contribution is 0.0374. The number of amides is 1. The number of para-hydroxylation sites is 1. The zero-order chi connectivity index (χ0) is 28.9. The minimum Gasteiger partial charge on any atom is -0.379 e. The summed E-state index contributed by atoms with van der Waals surface area (Å²) in [5, 5.41) is 3.81. The molecule has 0 atom stereocenters. The van der Waals surface area contributed by atoms with E-state index in [4.69, 9.17) is 4.74 Å². The molecule has 6 rings (SSSR count). The van der Waals surface area contributed by atoms with Gasteiger partial charge in [0.15, 0.2) is 0 Å². The Morgan fingerprint density at radius 3 is 2.60 bits per heavy atom.